The van der Waals surface area contributed by atoms with Gasteiger partial charge in [0.25, 0.3) is 5.91 Å². The molecule has 0 saturated heterocycles. The van der Waals surface area contributed by atoms with Crippen LogP contribution in [0.3, 0.4) is 0 Å². The third-order valence-corrected chi connectivity index (χ3v) is 5.09. The summed E-state index contributed by atoms with van der Waals surface area (Å²) in [6.45, 7) is 2.31. The topological polar surface area (TPSA) is 49.3 Å². The van der Waals surface area contributed by atoms with Crippen LogP contribution in [0.2, 0.25) is 0 Å². The Hall–Kier alpha value is -1.00. The Morgan fingerprint density at radius 1 is 1.29 bits per heavy atom. The lowest BCUT2D eigenvalue weighted by molar-refractivity contribution is 0.0872. The largest absolute Gasteiger partial charge is 0.396 e. The van der Waals surface area contributed by atoms with Gasteiger partial charge in [0, 0.05) is 29.9 Å². The maximum atomic E-state index is 12.3. The molecule has 1 aliphatic rings. The Morgan fingerprint density at radius 2 is 2.00 bits per heavy atom. The minimum atomic E-state index is -0.0185. The van der Waals surface area contributed by atoms with Crippen LogP contribution in [-0.4, -0.2) is 29.4 Å². The number of thioether (sulfide) groups is 1. The average Bonchev–Trinajstić information content (AvgIpc) is 2.54. The highest BCUT2D eigenvalue weighted by Crippen LogP contribution is 2.24. The van der Waals surface area contributed by atoms with Crippen molar-refractivity contribution in [3.05, 3.63) is 35.4 Å². The van der Waals surface area contributed by atoms with Crippen molar-refractivity contribution in [1.29, 1.82) is 0 Å². The maximum absolute atomic E-state index is 12.3. The summed E-state index contributed by atoms with van der Waals surface area (Å²) in [5.74, 6) is 2.29. The monoisotopic (exact) mass is 307 g/mol. The van der Waals surface area contributed by atoms with Crippen LogP contribution in [0.5, 0.6) is 0 Å². The molecule has 1 amide bonds. The minimum absolute atomic E-state index is 0.0185. The third kappa shape index (κ3) is 4.75. The molecule has 0 spiro atoms. The smallest absolute Gasteiger partial charge is 0.251 e. The summed E-state index contributed by atoms with van der Waals surface area (Å²) in [5.41, 5.74) is 1.96. The van der Waals surface area contributed by atoms with Crippen LogP contribution in [0.25, 0.3) is 0 Å². The number of aliphatic hydroxyl groups is 1. The van der Waals surface area contributed by atoms with E-state index in [1.807, 2.05) is 36.0 Å². The maximum Gasteiger partial charge on any atom is 0.251 e. The van der Waals surface area contributed by atoms with Gasteiger partial charge in [0.05, 0.1) is 0 Å². The Bertz CT molecular complexity index is 447. The van der Waals surface area contributed by atoms with Crippen LogP contribution in [0.4, 0.5) is 0 Å². The van der Waals surface area contributed by atoms with E-state index in [-0.39, 0.29) is 24.5 Å². The molecule has 1 fully saturated rings. The molecule has 2 N–H and O–H groups in total. The van der Waals surface area contributed by atoms with Crippen molar-refractivity contribution >= 4 is 17.7 Å². The molecule has 2 rings (SSSR count). The van der Waals surface area contributed by atoms with Gasteiger partial charge in [0.15, 0.2) is 0 Å². The van der Waals surface area contributed by atoms with Gasteiger partial charge in [-0.2, -0.15) is 11.8 Å². The summed E-state index contributed by atoms with van der Waals surface area (Å²) < 4.78 is 0. The molecule has 3 nitrogen and oxygen atoms in total. The molecule has 0 radical (unpaired) electrons. The molecule has 1 aliphatic carbocycles. The number of carbonyl (C=O) groups is 1. The predicted molar refractivity (Wildman–Crippen MR) is 88.6 cm³/mol. The SMILES string of the molecule is CCSCc1ccc(C(=O)NC2CCCCC2CO)cc1. The van der Waals surface area contributed by atoms with Crippen molar-refractivity contribution in [2.75, 3.05) is 12.4 Å². The first kappa shape index (κ1) is 16.4. The molecule has 0 heterocycles. The van der Waals surface area contributed by atoms with E-state index < -0.39 is 0 Å². The van der Waals surface area contributed by atoms with Crippen LogP contribution >= 0.6 is 11.8 Å². The Labute approximate surface area is 131 Å². The van der Waals surface area contributed by atoms with E-state index in [4.69, 9.17) is 0 Å². The van der Waals surface area contributed by atoms with Crippen molar-refractivity contribution in [3.63, 3.8) is 0 Å². The molecule has 2 unspecified atom stereocenters. The van der Waals surface area contributed by atoms with E-state index in [0.29, 0.717) is 5.56 Å². The normalized spacial score (nSPS) is 22.0. The zero-order chi connectivity index (χ0) is 15.1. The summed E-state index contributed by atoms with van der Waals surface area (Å²) in [4.78, 5) is 12.3. The van der Waals surface area contributed by atoms with Crippen LogP contribution < -0.4 is 5.32 Å². The summed E-state index contributed by atoms with van der Waals surface area (Å²) in [6, 6.07) is 7.98. The second-order valence-corrected chi connectivity index (χ2v) is 6.92. The highest BCUT2D eigenvalue weighted by Gasteiger charge is 2.26. The third-order valence-electron chi connectivity index (χ3n) is 4.15. The fourth-order valence-corrected chi connectivity index (χ4v) is 3.47. The Kier molecular flexibility index (Phi) is 6.58. The molecule has 0 aromatic heterocycles. The van der Waals surface area contributed by atoms with Gasteiger partial charge in [-0.05, 0) is 36.3 Å². The molecule has 4 heteroatoms. The highest BCUT2D eigenvalue weighted by molar-refractivity contribution is 7.98. The van der Waals surface area contributed by atoms with E-state index in [0.717, 1.165) is 37.2 Å². The highest BCUT2D eigenvalue weighted by atomic mass is 32.2. The van der Waals surface area contributed by atoms with Gasteiger partial charge in [0.2, 0.25) is 0 Å². The zero-order valence-electron chi connectivity index (χ0n) is 12.7. The average molecular weight is 307 g/mol. The molecule has 0 bridgehead atoms. The van der Waals surface area contributed by atoms with Crippen molar-refractivity contribution in [1.82, 2.24) is 5.32 Å². The lowest BCUT2D eigenvalue weighted by Crippen LogP contribution is -2.43. The zero-order valence-corrected chi connectivity index (χ0v) is 13.5. The number of amides is 1. The first-order valence-electron chi connectivity index (χ1n) is 7.83. The Balaban J connectivity index is 1.93. The van der Waals surface area contributed by atoms with Crippen molar-refractivity contribution in [3.8, 4) is 0 Å². The lowest BCUT2D eigenvalue weighted by atomic mass is 9.85. The second-order valence-electron chi connectivity index (χ2n) is 5.64. The van der Waals surface area contributed by atoms with Crippen LogP contribution in [0.1, 0.15) is 48.5 Å². The van der Waals surface area contributed by atoms with E-state index in [1.165, 1.54) is 5.56 Å². The van der Waals surface area contributed by atoms with Gasteiger partial charge < -0.3 is 10.4 Å². The predicted octanol–water partition coefficient (Wildman–Crippen LogP) is 3.22. The fourth-order valence-electron chi connectivity index (χ4n) is 2.84. The summed E-state index contributed by atoms with van der Waals surface area (Å²) in [6.07, 6.45) is 4.27. The van der Waals surface area contributed by atoms with E-state index in [2.05, 4.69) is 12.2 Å². The summed E-state index contributed by atoms with van der Waals surface area (Å²) in [5, 5.41) is 12.5. The lowest BCUT2D eigenvalue weighted by Gasteiger charge is -2.30. The molecule has 21 heavy (non-hydrogen) atoms. The van der Waals surface area contributed by atoms with E-state index in [1.54, 1.807) is 0 Å². The van der Waals surface area contributed by atoms with Gasteiger partial charge >= 0.3 is 0 Å². The molecule has 116 valence electrons. The second kappa shape index (κ2) is 8.44. The molecular formula is C17H25NO2S. The number of aliphatic hydroxyl groups excluding tert-OH is 1. The number of hydrogen-bond acceptors (Lipinski definition) is 3. The van der Waals surface area contributed by atoms with Crippen molar-refractivity contribution in [2.45, 2.75) is 44.4 Å². The number of benzene rings is 1. The van der Waals surface area contributed by atoms with Crippen LogP contribution in [0.15, 0.2) is 24.3 Å². The van der Waals surface area contributed by atoms with Crippen LogP contribution in [-0.2, 0) is 5.75 Å². The first-order chi connectivity index (χ1) is 10.2. The fraction of sp³-hybridized carbons (Fsp3) is 0.588. The van der Waals surface area contributed by atoms with Gasteiger partial charge in [0.1, 0.15) is 0 Å². The molecule has 2 atom stereocenters. The molecular weight excluding hydrogens is 282 g/mol. The standard InChI is InChI=1S/C17H25NO2S/c1-2-21-12-13-7-9-14(10-8-13)17(20)18-16-6-4-3-5-15(16)11-19/h7-10,15-16,19H,2-6,11-12H2,1H3,(H,18,20). The van der Waals surface area contributed by atoms with E-state index in [9.17, 15) is 9.90 Å². The Morgan fingerprint density at radius 3 is 2.67 bits per heavy atom. The first-order valence-corrected chi connectivity index (χ1v) is 8.98. The quantitative estimate of drug-likeness (QED) is 0.848. The molecule has 0 aliphatic heterocycles. The van der Waals surface area contributed by atoms with Crippen molar-refractivity contribution in [2.24, 2.45) is 5.92 Å². The number of carbonyl (C=O) groups excluding carboxylic acids is 1. The summed E-state index contributed by atoms with van der Waals surface area (Å²) in [7, 11) is 0. The molecule has 1 saturated carbocycles. The van der Waals surface area contributed by atoms with Crippen molar-refractivity contribution < 1.29 is 9.90 Å². The number of nitrogens with one attached hydrogen (secondary N) is 1. The van der Waals surface area contributed by atoms with Gasteiger partial charge in [-0.1, -0.05) is 31.9 Å². The number of hydrogen-bond donors (Lipinski definition) is 2. The van der Waals surface area contributed by atoms with Gasteiger partial charge in [-0.3, -0.25) is 4.79 Å². The van der Waals surface area contributed by atoms with Gasteiger partial charge in [-0.25, -0.2) is 0 Å². The van der Waals surface area contributed by atoms with E-state index >= 15 is 0 Å². The summed E-state index contributed by atoms with van der Waals surface area (Å²) >= 11 is 1.88. The minimum Gasteiger partial charge on any atom is -0.396 e. The molecule has 1 aromatic rings. The number of rotatable bonds is 6. The van der Waals surface area contributed by atoms with Gasteiger partial charge in [-0.15, -0.1) is 0 Å². The molecule has 1 aromatic carbocycles. The van der Waals surface area contributed by atoms with Crippen LogP contribution in [0, 0.1) is 5.92 Å².